The van der Waals surface area contributed by atoms with Crippen molar-refractivity contribution in [3.8, 4) is 11.5 Å². The molecule has 0 saturated heterocycles. The predicted octanol–water partition coefficient (Wildman–Crippen LogP) is 3.24. The molecule has 2 aromatic carbocycles. The van der Waals surface area contributed by atoms with E-state index in [1.807, 2.05) is 51.1 Å². The molecule has 0 spiro atoms. The van der Waals surface area contributed by atoms with Crippen LogP contribution in [0, 0.1) is 6.92 Å². The zero-order valence-electron chi connectivity index (χ0n) is 15.8. The number of amides is 1. The van der Waals surface area contributed by atoms with Gasteiger partial charge in [0.1, 0.15) is 0 Å². The molecule has 1 unspecified atom stereocenters. The fourth-order valence-electron chi connectivity index (χ4n) is 3.54. The molecule has 0 fully saturated rings. The molecule has 6 nitrogen and oxygen atoms in total. The first-order valence-corrected chi connectivity index (χ1v) is 9.18. The van der Waals surface area contributed by atoms with E-state index in [9.17, 15) is 4.79 Å². The van der Waals surface area contributed by atoms with Crippen LogP contribution >= 0.6 is 0 Å². The highest BCUT2D eigenvalue weighted by Gasteiger charge is 2.29. The van der Waals surface area contributed by atoms with Crippen molar-refractivity contribution in [2.75, 3.05) is 12.5 Å². The molecular weight excluding hydrogens is 342 g/mol. The molecule has 2 aromatic rings. The zero-order chi connectivity index (χ0) is 19.1. The van der Waals surface area contributed by atoms with Gasteiger partial charge in [0.15, 0.2) is 11.5 Å². The topological polar surface area (TPSA) is 77.2 Å². The lowest BCUT2D eigenvalue weighted by Gasteiger charge is -2.22. The van der Waals surface area contributed by atoms with Gasteiger partial charge in [0.25, 0.3) is 0 Å². The lowest BCUT2D eigenvalue weighted by molar-refractivity contribution is -0.132. The number of hydrogen-bond donors (Lipinski definition) is 1. The quantitative estimate of drug-likeness (QED) is 0.829. The summed E-state index contributed by atoms with van der Waals surface area (Å²) in [5, 5.41) is 6.40. The first kappa shape index (κ1) is 17.4. The van der Waals surface area contributed by atoms with E-state index >= 15 is 0 Å². The normalized spacial score (nSPS) is 18.0. The summed E-state index contributed by atoms with van der Waals surface area (Å²) >= 11 is 0. The minimum Gasteiger partial charge on any atom is -0.454 e. The number of ether oxygens (including phenoxy) is 2. The minimum atomic E-state index is -0.0519. The Bertz CT molecular complexity index is 952. The molecule has 0 saturated carbocycles. The summed E-state index contributed by atoms with van der Waals surface area (Å²) in [6, 6.07) is 9.75. The lowest BCUT2D eigenvalue weighted by atomic mass is 9.93. The second kappa shape index (κ2) is 6.61. The van der Waals surface area contributed by atoms with Crippen LogP contribution < -0.4 is 15.2 Å². The molecule has 2 N–H and O–H groups in total. The maximum absolute atomic E-state index is 12.5. The summed E-state index contributed by atoms with van der Waals surface area (Å²) in [4.78, 5) is 12.5. The molecule has 1 atom stereocenters. The van der Waals surface area contributed by atoms with Crippen molar-refractivity contribution < 1.29 is 14.3 Å². The SMILES string of the molecule is CCC(=O)N1N=C(c2ccc(N)c(C)c2)c2cc3c(cc2CC1C)OCO3. The van der Waals surface area contributed by atoms with Gasteiger partial charge in [-0.3, -0.25) is 4.79 Å². The van der Waals surface area contributed by atoms with Crippen LogP contribution in [0.15, 0.2) is 35.4 Å². The highest BCUT2D eigenvalue weighted by Crippen LogP contribution is 2.37. The smallest absolute Gasteiger partial charge is 0.242 e. The number of nitrogens with zero attached hydrogens (tertiary/aromatic N) is 2. The van der Waals surface area contributed by atoms with E-state index in [4.69, 9.17) is 20.3 Å². The highest BCUT2D eigenvalue weighted by molar-refractivity contribution is 6.14. The Morgan fingerprint density at radius 3 is 2.70 bits per heavy atom. The van der Waals surface area contributed by atoms with Crippen molar-refractivity contribution in [3.63, 3.8) is 0 Å². The number of hydrazone groups is 1. The van der Waals surface area contributed by atoms with Gasteiger partial charge >= 0.3 is 0 Å². The van der Waals surface area contributed by atoms with Crippen molar-refractivity contribution in [2.45, 2.75) is 39.7 Å². The zero-order valence-corrected chi connectivity index (χ0v) is 15.8. The Kier molecular flexibility index (Phi) is 4.26. The van der Waals surface area contributed by atoms with Gasteiger partial charge in [-0.05, 0) is 55.7 Å². The molecule has 2 aliphatic heterocycles. The average Bonchev–Trinajstić information content (AvgIpc) is 3.05. The Labute approximate surface area is 158 Å². The molecule has 6 heteroatoms. The average molecular weight is 365 g/mol. The summed E-state index contributed by atoms with van der Waals surface area (Å²) in [6.07, 6.45) is 1.10. The van der Waals surface area contributed by atoms with Crippen LogP contribution in [0.1, 0.15) is 42.5 Å². The van der Waals surface area contributed by atoms with Gasteiger partial charge in [0.2, 0.25) is 12.7 Å². The molecule has 2 aliphatic rings. The van der Waals surface area contributed by atoms with Gasteiger partial charge in [-0.25, -0.2) is 5.01 Å². The molecule has 4 rings (SSSR count). The molecule has 0 aromatic heterocycles. The van der Waals surface area contributed by atoms with Crippen molar-refractivity contribution in [2.24, 2.45) is 5.10 Å². The fraction of sp³-hybridized carbons (Fsp3) is 0.333. The van der Waals surface area contributed by atoms with Gasteiger partial charge in [-0.1, -0.05) is 13.0 Å². The van der Waals surface area contributed by atoms with E-state index in [0.29, 0.717) is 18.6 Å². The van der Waals surface area contributed by atoms with E-state index in [0.717, 1.165) is 39.4 Å². The number of nitrogen functional groups attached to an aromatic ring is 1. The van der Waals surface area contributed by atoms with Gasteiger partial charge in [-0.15, -0.1) is 0 Å². The predicted molar refractivity (Wildman–Crippen MR) is 104 cm³/mol. The maximum Gasteiger partial charge on any atom is 0.242 e. The third kappa shape index (κ3) is 3.01. The van der Waals surface area contributed by atoms with Crippen molar-refractivity contribution >= 4 is 17.3 Å². The highest BCUT2D eigenvalue weighted by atomic mass is 16.7. The first-order valence-electron chi connectivity index (χ1n) is 9.18. The van der Waals surface area contributed by atoms with Crippen LogP contribution in [0.2, 0.25) is 0 Å². The standard InChI is InChI=1S/C21H23N3O3/c1-4-20(25)24-13(3)8-15-9-18-19(27-11-26-18)10-16(15)21(23-24)14-5-6-17(22)12(2)7-14/h5-7,9-10,13H,4,8,11,22H2,1-3H3. The molecule has 0 radical (unpaired) electrons. The largest absolute Gasteiger partial charge is 0.454 e. The van der Waals surface area contributed by atoms with Crippen LogP contribution in [-0.2, 0) is 11.2 Å². The van der Waals surface area contributed by atoms with Crippen molar-refractivity contribution in [1.29, 1.82) is 0 Å². The Morgan fingerprint density at radius 1 is 1.26 bits per heavy atom. The van der Waals surface area contributed by atoms with E-state index in [1.54, 1.807) is 5.01 Å². The fourth-order valence-corrected chi connectivity index (χ4v) is 3.54. The Balaban J connectivity index is 1.93. The third-order valence-electron chi connectivity index (χ3n) is 5.10. The monoisotopic (exact) mass is 365 g/mol. The van der Waals surface area contributed by atoms with Gasteiger partial charge in [0, 0.05) is 23.2 Å². The van der Waals surface area contributed by atoms with Gasteiger partial charge in [0.05, 0.1) is 11.8 Å². The van der Waals surface area contributed by atoms with Gasteiger partial charge in [-0.2, -0.15) is 5.10 Å². The summed E-state index contributed by atoms with van der Waals surface area (Å²) < 4.78 is 11.1. The molecule has 2 heterocycles. The summed E-state index contributed by atoms with van der Waals surface area (Å²) in [5.41, 5.74) is 11.4. The van der Waals surface area contributed by atoms with E-state index in [2.05, 4.69) is 0 Å². The number of anilines is 1. The van der Waals surface area contributed by atoms with Crippen LogP contribution in [0.4, 0.5) is 5.69 Å². The van der Waals surface area contributed by atoms with E-state index in [-0.39, 0.29) is 18.7 Å². The molecule has 0 aliphatic carbocycles. The summed E-state index contributed by atoms with van der Waals surface area (Å²) in [5.74, 6) is 1.45. The number of carbonyl (C=O) groups is 1. The van der Waals surface area contributed by atoms with Crippen LogP contribution in [0.5, 0.6) is 11.5 Å². The number of aryl methyl sites for hydroxylation is 1. The number of fused-ring (bicyclic) bond motifs is 2. The molecular formula is C21H23N3O3. The second-order valence-corrected chi connectivity index (χ2v) is 7.03. The molecule has 27 heavy (non-hydrogen) atoms. The number of hydrogen-bond acceptors (Lipinski definition) is 5. The summed E-state index contributed by atoms with van der Waals surface area (Å²) in [7, 11) is 0. The molecule has 0 bridgehead atoms. The molecule has 1 amide bonds. The van der Waals surface area contributed by atoms with E-state index < -0.39 is 0 Å². The van der Waals surface area contributed by atoms with Crippen LogP contribution in [0.25, 0.3) is 0 Å². The second-order valence-electron chi connectivity index (χ2n) is 7.03. The number of nitrogens with two attached hydrogens (primary N) is 1. The minimum absolute atomic E-state index is 0.0000131. The number of rotatable bonds is 2. The Hall–Kier alpha value is -3.02. The van der Waals surface area contributed by atoms with Crippen LogP contribution in [0.3, 0.4) is 0 Å². The lowest BCUT2D eigenvalue weighted by Crippen LogP contribution is -2.34. The third-order valence-corrected chi connectivity index (χ3v) is 5.10. The maximum atomic E-state index is 12.5. The molecule has 140 valence electrons. The first-order chi connectivity index (χ1) is 13.0. The van der Waals surface area contributed by atoms with Crippen molar-refractivity contribution in [1.82, 2.24) is 5.01 Å². The van der Waals surface area contributed by atoms with Gasteiger partial charge < -0.3 is 15.2 Å². The summed E-state index contributed by atoms with van der Waals surface area (Å²) in [6.45, 7) is 6.06. The Morgan fingerprint density at radius 2 is 2.00 bits per heavy atom. The van der Waals surface area contributed by atoms with E-state index in [1.165, 1.54) is 0 Å². The van der Waals surface area contributed by atoms with Crippen LogP contribution in [-0.4, -0.2) is 29.5 Å². The number of carbonyl (C=O) groups excluding carboxylic acids is 1. The van der Waals surface area contributed by atoms with Crippen molar-refractivity contribution in [3.05, 3.63) is 52.6 Å². The number of benzene rings is 2.